The molecule has 3 heterocycles. The van der Waals surface area contributed by atoms with Crippen molar-refractivity contribution in [3.63, 3.8) is 0 Å². The van der Waals surface area contributed by atoms with Crippen LogP contribution in [0, 0.1) is 0 Å². The molecule has 56 heavy (non-hydrogen) atoms. The molecule has 0 aliphatic carbocycles. The highest BCUT2D eigenvalue weighted by atomic mass is 16.3. The largest absolute Gasteiger partial charge is 0.456 e. The molecular formula is C51H29N3O2. The van der Waals surface area contributed by atoms with Gasteiger partial charge in [-0.1, -0.05) is 140 Å². The van der Waals surface area contributed by atoms with Gasteiger partial charge in [-0.05, 0) is 74.5 Å². The fourth-order valence-corrected chi connectivity index (χ4v) is 8.51. The first kappa shape index (κ1) is 30.8. The van der Waals surface area contributed by atoms with Gasteiger partial charge in [-0.25, -0.2) is 15.0 Å². The zero-order chi connectivity index (χ0) is 36.7. The van der Waals surface area contributed by atoms with Gasteiger partial charge in [0.1, 0.15) is 22.3 Å². The van der Waals surface area contributed by atoms with Crippen molar-refractivity contribution in [1.82, 2.24) is 15.0 Å². The third kappa shape index (κ3) is 4.71. The molecule has 9 aromatic carbocycles. The Labute approximate surface area is 320 Å². The SMILES string of the molecule is c1ccc(-c2cccc(-c3nc(-c4ccc5c(ccc6ccc7ccc8oc9ccccc9c8c7c65)c4)nc(-c4cccc5oc6ccccc6c45)n3)c2)cc1. The first-order valence-corrected chi connectivity index (χ1v) is 18.8. The van der Waals surface area contributed by atoms with Gasteiger partial charge in [0.15, 0.2) is 17.5 Å². The minimum absolute atomic E-state index is 0.589. The molecule has 12 rings (SSSR count). The van der Waals surface area contributed by atoms with E-state index in [0.717, 1.165) is 82.5 Å². The number of aromatic nitrogens is 3. The highest BCUT2D eigenvalue weighted by molar-refractivity contribution is 6.31. The van der Waals surface area contributed by atoms with Crippen LogP contribution in [0.25, 0.3) is 121 Å². The van der Waals surface area contributed by atoms with Crippen LogP contribution in [0.1, 0.15) is 0 Å². The van der Waals surface area contributed by atoms with Crippen molar-refractivity contribution in [2.24, 2.45) is 0 Å². The van der Waals surface area contributed by atoms with Gasteiger partial charge in [0, 0.05) is 43.6 Å². The number of hydrogen-bond acceptors (Lipinski definition) is 5. The summed E-state index contributed by atoms with van der Waals surface area (Å²) in [5.41, 5.74) is 8.35. The Morgan fingerprint density at radius 3 is 1.62 bits per heavy atom. The zero-order valence-electron chi connectivity index (χ0n) is 29.9. The van der Waals surface area contributed by atoms with Gasteiger partial charge in [0.2, 0.25) is 0 Å². The topological polar surface area (TPSA) is 65.0 Å². The lowest BCUT2D eigenvalue weighted by molar-refractivity contribution is 0.668. The Morgan fingerprint density at radius 2 is 0.839 bits per heavy atom. The molecule has 0 saturated carbocycles. The summed E-state index contributed by atoms with van der Waals surface area (Å²) in [6.07, 6.45) is 0. The molecule has 3 aromatic heterocycles. The molecular weight excluding hydrogens is 687 g/mol. The minimum Gasteiger partial charge on any atom is -0.456 e. The number of rotatable bonds is 4. The average Bonchev–Trinajstić information content (AvgIpc) is 3.85. The summed E-state index contributed by atoms with van der Waals surface area (Å²) in [6, 6.07) is 61.0. The number of fused-ring (bicyclic) bond motifs is 12. The van der Waals surface area contributed by atoms with Gasteiger partial charge in [0.25, 0.3) is 0 Å². The lowest BCUT2D eigenvalue weighted by Gasteiger charge is -2.12. The standard InChI is InChI=1S/C51H29N3O2/c1-2-10-30(11-3-1)33-12-8-13-35(28-33)49-52-50(54-51(53-49)40-16-9-19-43-47(40)38-14-4-6-17-41(38)55-43)36-24-26-37-34(29-36)23-22-31-20-21-32-25-27-44-48(46(32)45(31)37)39-15-5-7-18-42(39)56-44/h1-29H. The Morgan fingerprint density at radius 1 is 0.286 bits per heavy atom. The molecule has 0 spiro atoms. The quantitative estimate of drug-likeness (QED) is 0.170. The molecule has 0 atom stereocenters. The molecule has 0 fully saturated rings. The molecule has 12 aromatic rings. The fourth-order valence-electron chi connectivity index (χ4n) is 8.51. The predicted molar refractivity (Wildman–Crippen MR) is 229 cm³/mol. The highest BCUT2D eigenvalue weighted by Crippen LogP contribution is 2.42. The van der Waals surface area contributed by atoms with Gasteiger partial charge >= 0.3 is 0 Å². The summed E-state index contributed by atoms with van der Waals surface area (Å²) >= 11 is 0. The molecule has 0 amide bonds. The van der Waals surface area contributed by atoms with E-state index in [-0.39, 0.29) is 0 Å². The van der Waals surface area contributed by atoms with E-state index in [0.29, 0.717) is 17.5 Å². The van der Waals surface area contributed by atoms with Gasteiger partial charge in [-0.2, -0.15) is 0 Å². The zero-order valence-corrected chi connectivity index (χ0v) is 29.9. The summed E-state index contributed by atoms with van der Waals surface area (Å²) in [4.78, 5) is 15.6. The number of nitrogens with zero attached hydrogens (tertiary/aromatic N) is 3. The lowest BCUT2D eigenvalue weighted by Crippen LogP contribution is -2.00. The fraction of sp³-hybridized carbons (Fsp3) is 0. The van der Waals surface area contributed by atoms with Crippen LogP contribution < -0.4 is 0 Å². The van der Waals surface area contributed by atoms with E-state index >= 15 is 0 Å². The molecule has 0 unspecified atom stereocenters. The van der Waals surface area contributed by atoms with Crippen LogP contribution in [-0.2, 0) is 0 Å². The van der Waals surface area contributed by atoms with E-state index in [9.17, 15) is 0 Å². The van der Waals surface area contributed by atoms with E-state index in [2.05, 4.69) is 127 Å². The summed E-state index contributed by atoms with van der Waals surface area (Å²) in [5, 5.41) is 11.3. The molecule has 0 radical (unpaired) electrons. The van der Waals surface area contributed by atoms with Crippen molar-refractivity contribution >= 4 is 76.2 Å². The summed E-state index contributed by atoms with van der Waals surface area (Å²) < 4.78 is 12.6. The molecule has 0 saturated heterocycles. The van der Waals surface area contributed by atoms with Crippen molar-refractivity contribution in [3.8, 4) is 45.3 Å². The Bertz CT molecular complexity index is 3550. The molecule has 5 nitrogen and oxygen atoms in total. The normalized spacial score (nSPS) is 11.9. The molecule has 260 valence electrons. The van der Waals surface area contributed by atoms with Crippen LogP contribution in [0.15, 0.2) is 185 Å². The van der Waals surface area contributed by atoms with Crippen LogP contribution >= 0.6 is 0 Å². The van der Waals surface area contributed by atoms with Crippen LogP contribution in [0.3, 0.4) is 0 Å². The summed E-state index contributed by atoms with van der Waals surface area (Å²) in [6.45, 7) is 0. The Balaban J connectivity index is 1.10. The van der Waals surface area contributed by atoms with Crippen molar-refractivity contribution in [1.29, 1.82) is 0 Å². The molecule has 0 N–H and O–H groups in total. The van der Waals surface area contributed by atoms with E-state index in [1.807, 2.05) is 48.5 Å². The predicted octanol–water partition coefficient (Wildman–Crippen LogP) is 13.8. The van der Waals surface area contributed by atoms with Crippen molar-refractivity contribution in [2.75, 3.05) is 0 Å². The van der Waals surface area contributed by atoms with E-state index in [1.165, 1.54) is 21.5 Å². The Hall–Kier alpha value is -7.63. The van der Waals surface area contributed by atoms with Gasteiger partial charge < -0.3 is 8.83 Å². The summed E-state index contributed by atoms with van der Waals surface area (Å²) in [5.74, 6) is 1.79. The average molecular weight is 716 g/mol. The minimum atomic E-state index is 0.589. The monoisotopic (exact) mass is 715 g/mol. The van der Waals surface area contributed by atoms with Crippen molar-refractivity contribution in [2.45, 2.75) is 0 Å². The first-order valence-electron chi connectivity index (χ1n) is 18.8. The molecule has 5 heteroatoms. The highest BCUT2D eigenvalue weighted by Gasteiger charge is 2.19. The lowest BCUT2D eigenvalue weighted by atomic mass is 9.93. The maximum absolute atomic E-state index is 6.34. The van der Waals surface area contributed by atoms with Crippen LogP contribution in [0.5, 0.6) is 0 Å². The smallest absolute Gasteiger partial charge is 0.164 e. The summed E-state index contributed by atoms with van der Waals surface area (Å²) in [7, 11) is 0. The van der Waals surface area contributed by atoms with Crippen LogP contribution in [0.4, 0.5) is 0 Å². The molecule has 0 bridgehead atoms. The van der Waals surface area contributed by atoms with Gasteiger partial charge in [0.05, 0.1) is 0 Å². The van der Waals surface area contributed by atoms with Crippen molar-refractivity contribution in [3.05, 3.63) is 176 Å². The Kier molecular flexibility index (Phi) is 6.56. The van der Waals surface area contributed by atoms with E-state index in [4.69, 9.17) is 23.8 Å². The van der Waals surface area contributed by atoms with Crippen molar-refractivity contribution < 1.29 is 8.83 Å². The van der Waals surface area contributed by atoms with Crippen LogP contribution in [0.2, 0.25) is 0 Å². The maximum atomic E-state index is 6.34. The number of benzene rings is 9. The molecule has 0 aliphatic heterocycles. The van der Waals surface area contributed by atoms with Gasteiger partial charge in [-0.15, -0.1) is 0 Å². The number of para-hydroxylation sites is 2. The number of hydrogen-bond donors (Lipinski definition) is 0. The third-order valence-electron chi connectivity index (χ3n) is 11.1. The third-order valence-corrected chi connectivity index (χ3v) is 11.1. The van der Waals surface area contributed by atoms with Crippen LogP contribution in [-0.4, -0.2) is 15.0 Å². The maximum Gasteiger partial charge on any atom is 0.164 e. The molecule has 0 aliphatic rings. The second kappa shape index (κ2) is 11.9. The van der Waals surface area contributed by atoms with E-state index < -0.39 is 0 Å². The first-order chi connectivity index (χ1) is 27.7. The second-order valence-electron chi connectivity index (χ2n) is 14.3. The number of furan rings is 2. The second-order valence-corrected chi connectivity index (χ2v) is 14.3. The van der Waals surface area contributed by atoms with Gasteiger partial charge in [-0.3, -0.25) is 0 Å². The van der Waals surface area contributed by atoms with E-state index in [1.54, 1.807) is 0 Å².